The van der Waals surface area contributed by atoms with Crippen LogP contribution >= 0.6 is 11.6 Å². The zero-order valence-corrected chi connectivity index (χ0v) is 21.0. The molecule has 1 fully saturated rings. The molecule has 4 heteroatoms. The Labute approximate surface area is 202 Å². The second-order valence-corrected chi connectivity index (χ2v) is 8.63. The molecule has 0 saturated heterocycles. The molecule has 4 atom stereocenters. The fourth-order valence-electron chi connectivity index (χ4n) is 4.37. The minimum atomic E-state index is -0.388. The molecule has 1 aliphatic carbocycles. The number of benzene rings is 1. The molecule has 1 aromatic rings. The number of hydrogen-bond donors (Lipinski definition) is 1. The van der Waals surface area contributed by atoms with Crippen molar-refractivity contribution in [2.75, 3.05) is 0 Å². The Morgan fingerprint density at radius 1 is 1.11 bits per heavy atom. The summed E-state index contributed by atoms with van der Waals surface area (Å²) in [5.41, 5.74) is 1.91. The molecule has 1 aliphatic rings. The van der Waals surface area contributed by atoms with Crippen LogP contribution in [0.2, 0.25) is 0 Å². The van der Waals surface area contributed by atoms with Crippen molar-refractivity contribution in [3.63, 3.8) is 0 Å². The predicted octanol–water partition coefficient (Wildman–Crippen LogP) is 6.69. The molecule has 2 rings (SSSR count). The van der Waals surface area contributed by atoms with Gasteiger partial charge in [0.25, 0.3) is 0 Å². The predicted molar refractivity (Wildman–Crippen MR) is 114 cm³/mol. The molecule has 1 saturated carbocycles. The maximum atomic E-state index is 12.3. The number of Topliss-reactive ketones (excluding diaryl/α,β-unsaturated/α-hetero) is 1. The first-order chi connectivity index (χ1) is 13.1. The molecule has 2 unspecified atom stereocenters. The van der Waals surface area contributed by atoms with Crippen LogP contribution in [0.15, 0.2) is 24.3 Å². The summed E-state index contributed by atoms with van der Waals surface area (Å²) in [5, 5.41) is 10.6. The van der Waals surface area contributed by atoms with Gasteiger partial charge in [-0.2, -0.15) is 6.42 Å². The number of aliphatic hydroxyl groups excluding tert-OH is 1. The van der Waals surface area contributed by atoms with Crippen molar-refractivity contribution in [1.29, 1.82) is 0 Å². The van der Waals surface area contributed by atoms with Gasteiger partial charge in [0.2, 0.25) is 0 Å². The van der Waals surface area contributed by atoms with E-state index in [1.54, 1.807) is 0 Å². The molecular weight excluding hydrogens is 445 g/mol. The molecule has 1 aromatic carbocycles. The van der Waals surface area contributed by atoms with Gasteiger partial charge in [0.05, 0.1) is 6.10 Å². The summed E-state index contributed by atoms with van der Waals surface area (Å²) in [4.78, 5) is 12.3. The van der Waals surface area contributed by atoms with Crippen LogP contribution in [0.4, 0.5) is 0 Å². The molecule has 2 nitrogen and oxygen atoms in total. The molecule has 1 radical (unpaired) electrons. The standard InChI is InChI=1S/C24H36ClO2.Y/c1-3-5-7-9-11-20-21(25)17-23(27)24(20)19-15-13-18(14-16-19)22(26)12-10-8-6-4-2;/h13-16,20-21,23-24,27H,1,3-12,17H2,2H3;/q-1;/t20?,21-,23-,24?;/m1./s1. The van der Waals surface area contributed by atoms with Crippen molar-refractivity contribution in [1.82, 2.24) is 0 Å². The van der Waals surface area contributed by atoms with Crippen LogP contribution in [0.1, 0.15) is 99.4 Å². The first-order valence-electron chi connectivity index (χ1n) is 10.8. The van der Waals surface area contributed by atoms with Crippen molar-refractivity contribution in [2.24, 2.45) is 5.92 Å². The SMILES string of the molecule is [CH2-]CCCCCC1C(c2ccc(C(=O)CCCCCC)cc2)[C@H](O)C[C@H]1Cl.[Y]. The van der Waals surface area contributed by atoms with Crippen LogP contribution in [0, 0.1) is 12.8 Å². The van der Waals surface area contributed by atoms with Crippen molar-refractivity contribution < 1.29 is 42.6 Å². The van der Waals surface area contributed by atoms with Gasteiger partial charge in [-0.1, -0.05) is 69.7 Å². The first kappa shape index (κ1) is 26.3. The molecule has 0 aromatic heterocycles. The van der Waals surface area contributed by atoms with E-state index < -0.39 is 0 Å². The summed E-state index contributed by atoms with van der Waals surface area (Å²) in [6, 6.07) is 7.94. The second kappa shape index (κ2) is 14.3. The third kappa shape index (κ3) is 7.82. The van der Waals surface area contributed by atoms with E-state index in [0.717, 1.165) is 49.7 Å². The Kier molecular flexibility index (Phi) is 13.4. The number of alkyl halides is 1. The van der Waals surface area contributed by atoms with Crippen molar-refractivity contribution in [2.45, 2.75) is 95.0 Å². The topological polar surface area (TPSA) is 37.3 Å². The van der Waals surface area contributed by atoms with Gasteiger partial charge in [0.15, 0.2) is 5.78 Å². The number of halogens is 1. The van der Waals surface area contributed by atoms with Gasteiger partial charge in [0.1, 0.15) is 0 Å². The molecule has 0 amide bonds. The summed E-state index contributed by atoms with van der Waals surface area (Å²) in [6.07, 6.45) is 10.9. The number of hydrogen-bond acceptors (Lipinski definition) is 2. The van der Waals surface area contributed by atoms with Gasteiger partial charge in [-0.25, -0.2) is 0 Å². The normalized spacial score (nSPS) is 24.1. The van der Waals surface area contributed by atoms with Crippen LogP contribution in [-0.4, -0.2) is 22.4 Å². The van der Waals surface area contributed by atoms with E-state index in [0.29, 0.717) is 18.8 Å². The Morgan fingerprint density at radius 3 is 2.43 bits per heavy atom. The Bertz CT molecular complexity index is 560. The van der Waals surface area contributed by atoms with E-state index >= 15 is 0 Å². The van der Waals surface area contributed by atoms with Gasteiger partial charge >= 0.3 is 0 Å². The quantitative estimate of drug-likeness (QED) is 0.156. The van der Waals surface area contributed by atoms with Crippen LogP contribution in [0.3, 0.4) is 0 Å². The molecule has 0 bridgehead atoms. The van der Waals surface area contributed by atoms with Gasteiger partial charge in [-0.05, 0) is 30.7 Å². The van der Waals surface area contributed by atoms with Gasteiger partial charge in [-0.15, -0.1) is 11.6 Å². The van der Waals surface area contributed by atoms with Gasteiger partial charge in [0, 0.05) is 56.0 Å². The summed E-state index contributed by atoms with van der Waals surface area (Å²) < 4.78 is 0. The third-order valence-electron chi connectivity index (χ3n) is 5.97. The van der Waals surface area contributed by atoms with Crippen LogP contribution in [-0.2, 0) is 32.7 Å². The number of carbonyl (C=O) groups is 1. The van der Waals surface area contributed by atoms with Gasteiger partial charge < -0.3 is 12.0 Å². The molecule has 0 heterocycles. The number of ketones is 1. The number of unbranched alkanes of at least 4 members (excludes halogenated alkanes) is 6. The zero-order valence-electron chi connectivity index (χ0n) is 17.4. The Hall–Kier alpha value is 0.244. The first-order valence-corrected chi connectivity index (χ1v) is 11.3. The summed E-state index contributed by atoms with van der Waals surface area (Å²) in [6.45, 7) is 6.08. The minimum absolute atomic E-state index is 0. The number of carbonyl (C=O) groups excluding carboxylic acids is 1. The van der Waals surface area contributed by atoms with Gasteiger partial charge in [-0.3, -0.25) is 4.79 Å². The molecule has 0 spiro atoms. The van der Waals surface area contributed by atoms with E-state index in [4.69, 9.17) is 11.6 Å². The van der Waals surface area contributed by atoms with Crippen molar-refractivity contribution >= 4 is 17.4 Å². The van der Waals surface area contributed by atoms with E-state index in [-0.39, 0.29) is 55.9 Å². The summed E-state index contributed by atoms with van der Waals surface area (Å²) in [5.74, 6) is 0.618. The fraction of sp³-hybridized carbons (Fsp3) is 0.667. The van der Waals surface area contributed by atoms with Crippen molar-refractivity contribution in [3.05, 3.63) is 42.3 Å². The Morgan fingerprint density at radius 2 is 1.79 bits per heavy atom. The van der Waals surface area contributed by atoms with Crippen LogP contribution in [0.5, 0.6) is 0 Å². The zero-order chi connectivity index (χ0) is 19.6. The largest absolute Gasteiger partial charge is 0.392 e. The molecule has 1 N–H and O–H groups in total. The monoisotopic (exact) mass is 480 g/mol. The van der Waals surface area contributed by atoms with Crippen molar-refractivity contribution in [3.8, 4) is 0 Å². The second-order valence-electron chi connectivity index (χ2n) is 8.07. The fourth-order valence-corrected chi connectivity index (χ4v) is 4.84. The minimum Gasteiger partial charge on any atom is -0.392 e. The Balaban J connectivity index is 0.00000392. The van der Waals surface area contributed by atoms with Crippen LogP contribution in [0.25, 0.3) is 0 Å². The van der Waals surface area contributed by atoms with E-state index in [2.05, 4.69) is 13.8 Å². The summed E-state index contributed by atoms with van der Waals surface area (Å²) in [7, 11) is 0. The average Bonchev–Trinajstić information content (AvgIpc) is 2.95. The van der Waals surface area contributed by atoms with E-state index in [9.17, 15) is 9.90 Å². The van der Waals surface area contributed by atoms with Crippen LogP contribution < -0.4 is 0 Å². The molecular formula is C24H36ClO2Y-. The summed E-state index contributed by atoms with van der Waals surface area (Å²) >= 11 is 6.57. The average molecular weight is 481 g/mol. The third-order valence-corrected chi connectivity index (χ3v) is 6.47. The van der Waals surface area contributed by atoms with E-state index in [1.807, 2.05) is 24.3 Å². The maximum Gasteiger partial charge on any atom is 0.162 e. The number of aliphatic hydroxyl groups is 1. The van der Waals surface area contributed by atoms with E-state index in [1.165, 1.54) is 19.3 Å². The molecule has 28 heavy (non-hydrogen) atoms. The maximum absolute atomic E-state index is 12.3. The molecule has 0 aliphatic heterocycles. The molecule has 155 valence electrons. The number of rotatable bonds is 12. The smallest absolute Gasteiger partial charge is 0.162 e.